The Hall–Kier alpha value is -0.725. The Morgan fingerprint density at radius 2 is 2.12 bits per heavy atom. The van der Waals surface area contributed by atoms with Gasteiger partial charge in [-0.3, -0.25) is 4.79 Å². The van der Waals surface area contributed by atoms with Crippen LogP contribution in [0.15, 0.2) is 11.3 Å². The molecular formula is C14H26BNO. The number of hydrogen-bond acceptors (Lipinski definition) is 1. The van der Waals surface area contributed by atoms with E-state index >= 15 is 0 Å². The van der Waals surface area contributed by atoms with Crippen molar-refractivity contribution in [1.29, 1.82) is 0 Å². The highest BCUT2D eigenvalue weighted by molar-refractivity contribution is 6.17. The molecule has 17 heavy (non-hydrogen) atoms. The number of rotatable bonds is 3. The molecule has 0 bridgehead atoms. The van der Waals surface area contributed by atoms with Gasteiger partial charge in [-0.1, -0.05) is 25.8 Å². The van der Waals surface area contributed by atoms with Crippen LogP contribution in [0.2, 0.25) is 5.31 Å². The molecule has 0 saturated carbocycles. The zero-order chi connectivity index (χ0) is 13.2. The molecule has 0 heterocycles. The maximum atomic E-state index is 12.1. The molecule has 2 nitrogen and oxygen atoms in total. The minimum Gasteiger partial charge on any atom is -0.314 e. The van der Waals surface area contributed by atoms with E-state index in [1.54, 1.807) is 0 Å². The number of amides is 1. The van der Waals surface area contributed by atoms with Crippen LogP contribution in [0.5, 0.6) is 0 Å². The topological polar surface area (TPSA) is 20.3 Å². The largest absolute Gasteiger partial charge is 0.314 e. The Bertz CT molecular complexity index is 331. The molecule has 3 heteroatoms. The lowest BCUT2D eigenvalue weighted by Gasteiger charge is -2.39. The average Bonchev–Trinajstić information content (AvgIpc) is 2.23. The lowest BCUT2D eigenvalue weighted by Crippen LogP contribution is -2.38. The van der Waals surface area contributed by atoms with Crippen molar-refractivity contribution in [3.63, 3.8) is 0 Å². The SMILES string of the molecule is BC1(C)CCCC(N(C(=O)CC)C(C)C)=C1C. The summed E-state index contributed by atoms with van der Waals surface area (Å²) in [6, 6.07) is 0.265. The highest BCUT2D eigenvalue weighted by Crippen LogP contribution is 2.44. The molecule has 0 spiro atoms. The maximum absolute atomic E-state index is 12.1. The van der Waals surface area contributed by atoms with Crippen molar-refractivity contribution < 1.29 is 4.79 Å². The summed E-state index contributed by atoms with van der Waals surface area (Å²) < 4.78 is 0. The molecule has 0 aromatic heterocycles. The van der Waals surface area contributed by atoms with Crippen LogP contribution in [0, 0.1) is 0 Å². The van der Waals surface area contributed by atoms with Gasteiger partial charge < -0.3 is 4.90 Å². The minimum atomic E-state index is 0.245. The van der Waals surface area contributed by atoms with Gasteiger partial charge in [0.15, 0.2) is 0 Å². The van der Waals surface area contributed by atoms with Crippen molar-refractivity contribution in [3.8, 4) is 0 Å². The Labute approximate surface area is 107 Å². The van der Waals surface area contributed by atoms with E-state index < -0.39 is 0 Å². The molecule has 0 aromatic carbocycles. The zero-order valence-corrected chi connectivity index (χ0v) is 12.3. The first-order valence-electron chi connectivity index (χ1n) is 6.83. The number of allylic oxidation sites excluding steroid dienone is 2. The molecule has 1 aliphatic rings. The van der Waals surface area contributed by atoms with Gasteiger partial charge in [-0.2, -0.15) is 0 Å². The second-order valence-corrected chi connectivity index (χ2v) is 6.02. The van der Waals surface area contributed by atoms with Gasteiger partial charge in [-0.05, 0) is 38.9 Å². The summed E-state index contributed by atoms with van der Waals surface area (Å²) in [5, 5.41) is 0.245. The van der Waals surface area contributed by atoms with Crippen LogP contribution < -0.4 is 0 Å². The smallest absolute Gasteiger partial charge is 0.226 e. The number of nitrogens with zero attached hydrogens (tertiary/aromatic N) is 1. The van der Waals surface area contributed by atoms with Crippen LogP contribution >= 0.6 is 0 Å². The van der Waals surface area contributed by atoms with Gasteiger partial charge >= 0.3 is 0 Å². The van der Waals surface area contributed by atoms with Crippen molar-refractivity contribution in [2.45, 2.75) is 71.7 Å². The fraction of sp³-hybridized carbons (Fsp3) is 0.786. The molecule has 0 fully saturated rings. The number of carbonyl (C=O) groups excluding carboxylic acids is 1. The summed E-state index contributed by atoms with van der Waals surface area (Å²) in [7, 11) is 2.29. The summed E-state index contributed by atoms with van der Waals surface area (Å²) in [5.41, 5.74) is 2.68. The van der Waals surface area contributed by atoms with Gasteiger partial charge in [0.1, 0.15) is 7.85 Å². The second kappa shape index (κ2) is 5.28. The van der Waals surface area contributed by atoms with Crippen molar-refractivity contribution in [3.05, 3.63) is 11.3 Å². The molecule has 0 N–H and O–H groups in total. The van der Waals surface area contributed by atoms with Crippen LogP contribution in [0.4, 0.5) is 0 Å². The molecule has 1 unspecified atom stereocenters. The molecule has 0 aromatic rings. The minimum absolute atomic E-state index is 0.245. The van der Waals surface area contributed by atoms with Gasteiger partial charge in [0.25, 0.3) is 0 Å². The van der Waals surface area contributed by atoms with E-state index in [0.717, 1.165) is 6.42 Å². The monoisotopic (exact) mass is 235 g/mol. The van der Waals surface area contributed by atoms with Crippen molar-refractivity contribution in [2.24, 2.45) is 0 Å². The lowest BCUT2D eigenvalue weighted by molar-refractivity contribution is -0.130. The van der Waals surface area contributed by atoms with E-state index in [1.165, 1.54) is 24.1 Å². The molecule has 1 aliphatic carbocycles. The third kappa shape index (κ3) is 2.94. The van der Waals surface area contributed by atoms with E-state index in [0.29, 0.717) is 6.42 Å². The van der Waals surface area contributed by atoms with Crippen LogP contribution in [0.3, 0.4) is 0 Å². The molecule has 1 atom stereocenters. The second-order valence-electron chi connectivity index (χ2n) is 6.02. The Morgan fingerprint density at radius 1 is 1.53 bits per heavy atom. The normalized spacial score (nSPS) is 25.3. The van der Waals surface area contributed by atoms with E-state index in [4.69, 9.17) is 0 Å². The Morgan fingerprint density at radius 3 is 2.59 bits per heavy atom. The van der Waals surface area contributed by atoms with Crippen LogP contribution in [-0.2, 0) is 4.79 Å². The molecule has 0 aliphatic heterocycles. The maximum Gasteiger partial charge on any atom is 0.226 e. The summed E-state index contributed by atoms with van der Waals surface area (Å²) in [5.74, 6) is 0.257. The van der Waals surface area contributed by atoms with E-state index in [2.05, 4.69) is 35.5 Å². The first kappa shape index (κ1) is 14.3. The van der Waals surface area contributed by atoms with Crippen molar-refractivity contribution in [2.75, 3.05) is 0 Å². The Kier molecular flexibility index (Phi) is 4.45. The molecule has 96 valence electrons. The quantitative estimate of drug-likeness (QED) is 0.689. The van der Waals surface area contributed by atoms with Gasteiger partial charge in [0, 0.05) is 18.2 Å². The highest BCUT2D eigenvalue weighted by atomic mass is 16.2. The van der Waals surface area contributed by atoms with E-state index in [-0.39, 0.29) is 17.3 Å². The average molecular weight is 235 g/mol. The summed E-state index contributed by atoms with van der Waals surface area (Å²) in [6.07, 6.45) is 4.07. The van der Waals surface area contributed by atoms with E-state index in [1.807, 2.05) is 11.8 Å². The Balaban J connectivity index is 3.14. The van der Waals surface area contributed by atoms with Crippen molar-refractivity contribution >= 4 is 13.8 Å². The predicted octanol–water partition coefficient (Wildman–Crippen LogP) is 2.90. The highest BCUT2D eigenvalue weighted by Gasteiger charge is 2.31. The lowest BCUT2D eigenvalue weighted by atomic mass is 9.60. The zero-order valence-electron chi connectivity index (χ0n) is 12.3. The summed E-state index contributed by atoms with van der Waals surface area (Å²) >= 11 is 0. The molecule has 1 rings (SSSR count). The summed E-state index contributed by atoms with van der Waals surface area (Å²) in [6.45, 7) is 10.6. The third-order valence-electron chi connectivity index (χ3n) is 4.04. The summed E-state index contributed by atoms with van der Waals surface area (Å²) in [4.78, 5) is 14.1. The molecule has 0 radical (unpaired) electrons. The predicted molar refractivity (Wildman–Crippen MR) is 75.7 cm³/mol. The molecule has 0 saturated heterocycles. The number of carbonyl (C=O) groups is 1. The van der Waals surface area contributed by atoms with Crippen LogP contribution in [0.1, 0.15) is 60.3 Å². The van der Waals surface area contributed by atoms with Gasteiger partial charge in [0.05, 0.1) is 0 Å². The van der Waals surface area contributed by atoms with Crippen LogP contribution in [-0.4, -0.2) is 24.7 Å². The fourth-order valence-electron chi connectivity index (χ4n) is 2.69. The van der Waals surface area contributed by atoms with Crippen LogP contribution in [0.25, 0.3) is 0 Å². The molecular weight excluding hydrogens is 209 g/mol. The van der Waals surface area contributed by atoms with Gasteiger partial charge in [-0.15, -0.1) is 0 Å². The first-order chi connectivity index (χ1) is 7.81. The third-order valence-corrected chi connectivity index (χ3v) is 4.04. The van der Waals surface area contributed by atoms with Gasteiger partial charge in [-0.25, -0.2) is 0 Å². The van der Waals surface area contributed by atoms with Gasteiger partial charge in [0.2, 0.25) is 5.91 Å². The standard InChI is InChI=1S/C14H26BNO/c1-6-13(17)16(10(2)3)12-8-7-9-14(5,15)11(12)4/h10H,6-9,15H2,1-5H3. The number of hydrogen-bond donors (Lipinski definition) is 0. The first-order valence-corrected chi connectivity index (χ1v) is 6.83. The van der Waals surface area contributed by atoms with E-state index in [9.17, 15) is 4.79 Å². The van der Waals surface area contributed by atoms with Crippen molar-refractivity contribution in [1.82, 2.24) is 4.90 Å². The molecule has 1 amide bonds. The fourth-order valence-corrected chi connectivity index (χ4v) is 2.69.